The molecule has 1 aromatic rings. The number of benzene rings is 1. The largest absolute Gasteiger partial charge is 0.396 e. The molecule has 4 heteroatoms. The van der Waals surface area contributed by atoms with Crippen molar-refractivity contribution in [3.8, 4) is 0 Å². The molecule has 0 unspecified atom stereocenters. The summed E-state index contributed by atoms with van der Waals surface area (Å²) in [5.74, 6) is 0.127. The Kier molecular flexibility index (Phi) is 6.63. The van der Waals surface area contributed by atoms with Crippen molar-refractivity contribution in [3.05, 3.63) is 35.4 Å². The SMILES string of the molecule is CC(=O)c1cccc(CN2CCN(C3CCCCC3)[C@H](CCO)C2)c1. The molecular formula is C21H32N2O2. The van der Waals surface area contributed by atoms with E-state index in [2.05, 4.69) is 15.9 Å². The summed E-state index contributed by atoms with van der Waals surface area (Å²) < 4.78 is 0. The molecule has 0 spiro atoms. The Bertz CT molecular complexity index is 569. The second-order valence-electron chi connectivity index (χ2n) is 7.69. The second-order valence-corrected chi connectivity index (χ2v) is 7.69. The Balaban J connectivity index is 1.63. The zero-order valence-electron chi connectivity index (χ0n) is 15.5. The van der Waals surface area contributed by atoms with E-state index in [9.17, 15) is 9.90 Å². The molecule has 1 saturated heterocycles. The highest BCUT2D eigenvalue weighted by molar-refractivity contribution is 5.94. The van der Waals surface area contributed by atoms with Crippen molar-refractivity contribution >= 4 is 5.78 Å². The average Bonchev–Trinajstić information content (AvgIpc) is 2.63. The lowest BCUT2D eigenvalue weighted by Gasteiger charge is -2.46. The fourth-order valence-electron chi connectivity index (χ4n) is 4.52. The lowest BCUT2D eigenvalue weighted by Crippen LogP contribution is -2.56. The van der Waals surface area contributed by atoms with Crippen LogP contribution in [0.1, 0.15) is 61.4 Å². The van der Waals surface area contributed by atoms with E-state index in [0.717, 1.165) is 38.2 Å². The van der Waals surface area contributed by atoms with Crippen molar-refractivity contribution in [2.75, 3.05) is 26.2 Å². The van der Waals surface area contributed by atoms with Gasteiger partial charge in [0.2, 0.25) is 0 Å². The molecule has 1 heterocycles. The van der Waals surface area contributed by atoms with Gasteiger partial charge in [-0.1, -0.05) is 37.5 Å². The van der Waals surface area contributed by atoms with Crippen molar-refractivity contribution in [2.24, 2.45) is 0 Å². The van der Waals surface area contributed by atoms with E-state index in [0.29, 0.717) is 12.1 Å². The van der Waals surface area contributed by atoms with E-state index in [-0.39, 0.29) is 12.4 Å². The third-order valence-corrected chi connectivity index (χ3v) is 5.86. The minimum atomic E-state index is 0.127. The summed E-state index contributed by atoms with van der Waals surface area (Å²) in [6.45, 7) is 5.97. The van der Waals surface area contributed by atoms with E-state index in [1.54, 1.807) is 6.92 Å². The number of nitrogens with zero attached hydrogens (tertiary/aromatic N) is 2. The molecule has 3 rings (SSSR count). The minimum Gasteiger partial charge on any atom is -0.396 e. The predicted molar refractivity (Wildman–Crippen MR) is 101 cm³/mol. The molecule has 1 aromatic carbocycles. The highest BCUT2D eigenvalue weighted by Gasteiger charge is 2.32. The molecule has 0 aromatic heterocycles. The van der Waals surface area contributed by atoms with Crippen LogP contribution in [0.3, 0.4) is 0 Å². The summed E-state index contributed by atoms with van der Waals surface area (Å²) in [7, 11) is 0. The Morgan fingerprint density at radius 2 is 2.00 bits per heavy atom. The Morgan fingerprint density at radius 3 is 2.72 bits per heavy atom. The number of Topliss-reactive ketones (excluding diaryl/α,β-unsaturated/α-hetero) is 1. The number of aliphatic hydroxyl groups excluding tert-OH is 1. The first-order chi connectivity index (χ1) is 12.2. The van der Waals surface area contributed by atoms with E-state index >= 15 is 0 Å². The number of aliphatic hydroxyl groups is 1. The lowest BCUT2D eigenvalue weighted by atomic mass is 9.91. The standard InChI is InChI=1S/C21H32N2O2/c1-17(25)19-7-5-6-18(14-19)15-22-11-12-23(21(16-22)10-13-24)20-8-3-2-4-9-20/h5-7,14,20-21,24H,2-4,8-13,15-16H2,1H3/t21-/m1/s1. The summed E-state index contributed by atoms with van der Waals surface area (Å²) in [5, 5.41) is 9.53. The van der Waals surface area contributed by atoms with Gasteiger partial charge in [-0.2, -0.15) is 0 Å². The molecule has 4 nitrogen and oxygen atoms in total. The predicted octanol–water partition coefficient (Wildman–Crippen LogP) is 3.09. The highest BCUT2D eigenvalue weighted by Crippen LogP contribution is 2.27. The zero-order chi connectivity index (χ0) is 17.6. The monoisotopic (exact) mass is 344 g/mol. The van der Waals surface area contributed by atoms with Gasteiger partial charge >= 0.3 is 0 Å². The van der Waals surface area contributed by atoms with Gasteiger partial charge in [-0.3, -0.25) is 14.6 Å². The van der Waals surface area contributed by atoms with E-state index in [1.807, 2.05) is 18.2 Å². The Labute approximate surface area is 151 Å². The Hall–Kier alpha value is -1.23. The number of carbonyl (C=O) groups excluding carboxylic acids is 1. The first kappa shape index (κ1) is 18.6. The van der Waals surface area contributed by atoms with Gasteiger partial charge in [-0.15, -0.1) is 0 Å². The van der Waals surface area contributed by atoms with Crippen LogP contribution < -0.4 is 0 Å². The van der Waals surface area contributed by atoms with Crippen LogP contribution in [0, 0.1) is 0 Å². The van der Waals surface area contributed by atoms with Crippen LogP contribution in [0.15, 0.2) is 24.3 Å². The van der Waals surface area contributed by atoms with Crippen LogP contribution in [0.2, 0.25) is 0 Å². The summed E-state index contributed by atoms with van der Waals surface area (Å²) in [6.07, 6.45) is 7.60. The van der Waals surface area contributed by atoms with E-state index in [4.69, 9.17) is 0 Å². The fourth-order valence-corrected chi connectivity index (χ4v) is 4.52. The zero-order valence-corrected chi connectivity index (χ0v) is 15.5. The van der Waals surface area contributed by atoms with Gasteiger partial charge in [0.15, 0.2) is 5.78 Å². The normalized spacial score (nSPS) is 23.7. The number of carbonyl (C=O) groups is 1. The summed E-state index contributed by atoms with van der Waals surface area (Å²) >= 11 is 0. The maximum atomic E-state index is 11.6. The molecule has 1 atom stereocenters. The van der Waals surface area contributed by atoms with Gasteiger partial charge in [-0.25, -0.2) is 0 Å². The van der Waals surface area contributed by atoms with E-state index in [1.165, 1.54) is 37.7 Å². The topological polar surface area (TPSA) is 43.8 Å². The summed E-state index contributed by atoms with van der Waals surface area (Å²) in [6, 6.07) is 9.18. The third kappa shape index (κ3) is 4.90. The summed E-state index contributed by atoms with van der Waals surface area (Å²) in [5.41, 5.74) is 2.01. The summed E-state index contributed by atoms with van der Waals surface area (Å²) in [4.78, 5) is 16.8. The van der Waals surface area contributed by atoms with E-state index < -0.39 is 0 Å². The van der Waals surface area contributed by atoms with Gasteiger partial charge in [-0.05, 0) is 37.8 Å². The molecule has 0 radical (unpaired) electrons. The van der Waals surface area contributed by atoms with Crippen molar-refractivity contribution in [2.45, 2.75) is 64.1 Å². The van der Waals surface area contributed by atoms with Gasteiger partial charge in [0, 0.05) is 50.4 Å². The van der Waals surface area contributed by atoms with Crippen LogP contribution in [0.5, 0.6) is 0 Å². The molecular weight excluding hydrogens is 312 g/mol. The quantitative estimate of drug-likeness (QED) is 0.806. The van der Waals surface area contributed by atoms with Gasteiger partial charge < -0.3 is 5.11 Å². The first-order valence-electron chi connectivity index (χ1n) is 9.86. The number of piperazine rings is 1. The second kappa shape index (κ2) is 8.93. The van der Waals surface area contributed by atoms with Crippen LogP contribution in [0.25, 0.3) is 0 Å². The van der Waals surface area contributed by atoms with Crippen molar-refractivity contribution < 1.29 is 9.90 Å². The molecule has 138 valence electrons. The molecule has 1 aliphatic heterocycles. The minimum absolute atomic E-state index is 0.127. The molecule has 25 heavy (non-hydrogen) atoms. The number of hydrogen-bond acceptors (Lipinski definition) is 4. The number of hydrogen-bond donors (Lipinski definition) is 1. The number of rotatable bonds is 6. The van der Waals surface area contributed by atoms with Crippen LogP contribution in [-0.4, -0.2) is 59.0 Å². The fraction of sp³-hybridized carbons (Fsp3) is 0.667. The number of ketones is 1. The van der Waals surface area contributed by atoms with Crippen molar-refractivity contribution in [1.82, 2.24) is 9.80 Å². The Morgan fingerprint density at radius 1 is 1.20 bits per heavy atom. The maximum Gasteiger partial charge on any atom is 0.159 e. The molecule has 1 saturated carbocycles. The van der Waals surface area contributed by atoms with Crippen LogP contribution >= 0.6 is 0 Å². The van der Waals surface area contributed by atoms with Crippen LogP contribution in [0.4, 0.5) is 0 Å². The molecule has 0 bridgehead atoms. The average molecular weight is 344 g/mol. The third-order valence-electron chi connectivity index (χ3n) is 5.86. The molecule has 1 N–H and O–H groups in total. The first-order valence-corrected chi connectivity index (χ1v) is 9.86. The van der Waals surface area contributed by atoms with Crippen molar-refractivity contribution in [1.29, 1.82) is 0 Å². The van der Waals surface area contributed by atoms with Gasteiger partial charge in [0.25, 0.3) is 0 Å². The van der Waals surface area contributed by atoms with Gasteiger partial charge in [0.05, 0.1) is 0 Å². The molecule has 1 aliphatic carbocycles. The maximum absolute atomic E-state index is 11.6. The molecule has 2 aliphatic rings. The molecule has 2 fully saturated rings. The van der Waals surface area contributed by atoms with Crippen molar-refractivity contribution in [3.63, 3.8) is 0 Å². The van der Waals surface area contributed by atoms with Gasteiger partial charge in [0.1, 0.15) is 0 Å². The molecule has 0 amide bonds. The lowest BCUT2D eigenvalue weighted by molar-refractivity contribution is 0.0137. The smallest absolute Gasteiger partial charge is 0.159 e. The van der Waals surface area contributed by atoms with Crippen LogP contribution in [-0.2, 0) is 6.54 Å². The highest BCUT2D eigenvalue weighted by atomic mass is 16.3.